The fourth-order valence-electron chi connectivity index (χ4n) is 2.73. The molecule has 8 heteroatoms. The van der Waals surface area contributed by atoms with Crippen LogP contribution in [0.25, 0.3) is 0 Å². The van der Waals surface area contributed by atoms with Crippen LogP contribution >= 0.6 is 12.6 Å². The number of carbonyl (C=O) groups is 2. The number of aliphatic hydroxyl groups excluding tert-OH is 1. The highest BCUT2D eigenvalue weighted by Crippen LogP contribution is 2.12. The Balaban J connectivity index is 4.99. The molecule has 0 unspecified atom stereocenters. The first kappa shape index (κ1) is 25.9. The summed E-state index contributed by atoms with van der Waals surface area (Å²) >= 11 is 4.19. The summed E-state index contributed by atoms with van der Waals surface area (Å²) in [7, 11) is 0. The second-order valence-corrected chi connectivity index (χ2v) is 7.21. The Morgan fingerprint density at radius 2 is 2.00 bits per heavy atom. The van der Waals surface area contributed by atoms with Crippen molar-refractivity contribution in [2.75, 3.05) is 25.4 Å². The van der Waals surface area contributed by atoms with E-state index in [1.165, 1.54) is 4.90 Å². The van der Waals surface area contributed by atoms with Gasteiger partial charge in [-0.15, -0.1) is 0 Å². The van der Waals surface area contributed by atoms with Crippen molar-refractivity contribution < 1.29 is 19.8 Å². The fourth-order valence-corrected chi connectivity index (χ4v) is 2.86. The number of aliphatic carboxylic acids is 1. The van der Waals surface area contributed by atoms with E-state index in [1.807, 2.05) is 13.0 Å². The summed E-state index contributed by atoms with van der Waals surface area (Å²) in [5, 5.41) is 21.9. The van der Waals surface area contributed by atoms with Crippen LogP contribution in [0, 0.1) is 5.92 Å². The molecule has 0 saturated carbocycles. The van der Waals surface area contributed by atoms with Crippen LogP contribution in [0.1, 0.15) is 46.5 Å². The Labute approximate surface area is 168 Å². The third-order valence-electron chi connectivity index (χ3n) is 4.59. The number of rotatable bonds is 15. The lowest BCUT2D eigenvalue weighted by Crippen LogP contribution is -2.46. The van der Waals surface area contributed by atoms with Gasteiger partial charge < -0.3 is 26.2 Å². The van der Waals surface area contributed by atoms with Crippen molar-refractivity contribution in [3.8, 4) is 0 Å². The molecule has 0 aromatic rings. The molecule has 0 radical (unpaired) electrons. The topological polar surface area (TPSA) is 116 Å². The van der Waals surface area contributed by atoms with Crippen LogP contribution in [0.15, 0.2) is 12.2 Å². The summed E-state index contributed by atoms with van der Waals surface area (Å²) in [5.74, 6) is -0.370. The molecule has 0 aliphatic rings. The first-order valence-electron chi connectivity index (χ1n) is 9.71. The van der Waals surface area contributed by atoms with Crippen LogP contribution in [-0.4, -0.2) is 70.6 Å². The van der Waals surface area contributed by atoms with Crippen molar-refractivity contribution in [2.24, 2.45) is 11.7 Å². The lowest BCUT2D eigenvalue weighted by atomic mass is 9.98. The molecule has 158 valence electrons. The molecule has 0 aliphatic carbocycles. The third-order valence-corrected chi connectivity index (χ3v) is 5.06. The quantitative estimate of drug-likeness (QED) is 0.208. The molecular formula is C19H37N3O4S. The number of nitrogens with one attached hydrogen (secondary N) is 1. The minimum Gasteiger partial charge on any atom is -0.480 e. The molecule has 1 amide bonds. The highest BCUT2D eigenvalue weighted by atomic mass is 32.1. The highest BCUT2D eigenvalue weighted by molar-refractivity contribution is 7.80. The average molecular weight is 404 g/mol. The number of amides is 1. The van der Waals surface area contributed by atoms with Gasteiger partial charge in [-0.05, 0) is 12.3 Å². The number of thiol groups is 1. The molecule has 7 nitrogen and oxygen atoms in total. The van der Waals surface area contributed by atoms with Gasteiger partial charge in [-0.1, -0.05) is 39.3 Å². The number of aliphatic hydroxyl groups is 1. The maximum Gasteiger partial charge on any atom is 0.326 e. The van der Waals surface area contributed by atoms with Gasteiger partial charge >= 0.3 is 5.97 Å². The lowest BCUT2D eigenvalue weighted by Gasteiger charge is -2.28. The maximum atomic E-state index is 12.6. The van der Waals surface area contributed by atoms with E-state index < -0.39 is 12.0 Å². The molecule has 0 fully saturated rings. The number of hydrogen-bond acceptors (Lipinski definition) is 6. The molecule has 0 heterocycles. The van der Waals surface area contributed by atoms with Crippen LogP contribution < -0.4 is 11.1 Å². The van der Waals surface area contributed by atoms with Gasteiger partial charge in [0.05, 0.1) is 0 Å². The Morgan fingerprint density at radius 1 is 1.33 bits per heavy atom. The molecule has 5 N–H and O–H groups in total. The number of hydrogen-bond donors (Lipinski definition) is 5. The van der Waals surface area contributed by atoms with Gasteiger partial charge in [0.2, 0.25) is 5.91 Å². The smallest absolute Gasteiger partial charge is 0.326 e. The molecule has 0 aliphatic heterocycles. The largest absolute Gasteiger partial charge is 0.480 e. The van der Waals surface area contributed by atoms with Crippen molar-refractivity contribution >= 4 is 24.5 Å². The summed E-state index contributed by atoms with van der Waals surface area (Å²) in [6.45, 7) is 6.84. The van der Waals surface area contributed by atoms with E-state index >= 15 is 0 Å². The number of carboxylic acid groups (broad SMARTS) is 1. The second-order valence-electron chi connectivity index (χ2n) is 6.85. The molecule has 4 atom stereocenters. The van der Waals surface area contributed by atoms with Crippen molar-refractivity contribution in [3.05, 3.63) is 12.2 Å². The minimum absolute atomic E-state index is 0.0312. The molecule has 0 aromatic carbocycles. The van der Waals surface area contributed by atoms with Crippen LogP contribution in [0.3, 0.4) is 0 Å². The second kappa shape index (κ2) is 14.9. The van der Waals surface area contributed by atoms with Crippen LogP contribution in [0.2, 0.25) is 0 Å². The lowest BCUT2D eigenvalue weighted by molar-refractivity contribution is -0.150. The monoisotopic (exact) mass is 403 g/mol. The van der Waals surface area contributed by atoms with Gasteiger partial charge in [0.1, 0.15) is 6.04 Å². The van der Waals surface area contributed by atoms with E-state index in [9.17, 15) is 14.7 Å². The molecule has 0 bridgehead atoms. The maximum absolute atomic E-state index is 12.6. The van der Waals surface area contributed by atoms with Crippen molar-refractivity contribution in [2.45, 2.75) is 64.6 Å². The Hall–Kier alpha value is -1.09. The van der Waals surface area contributed by atoms with Gasteiger partial charge in [0.15, 0.2) is 0 Å². The standard InChI is InChI=1S/C19H37N3O4S/c1-4-10-22(17(9-11-23)19(25)26)18(24)8-6-7-16(14(3)5-2)21-12-15(20)13-27/h6-7,14-17,21,23,27H,4-5,8-13,20H2,1-3H3,(H,25,26)/t14-,15+,16+,17+/m0/s1. The van der Waals surface area contributed by atoms with Crippen LogP contribution in [-0.2, 0) is 9.59 Å². The fraction of sp³-hybridized carbons (Fsp3) is 0.789. The molecule has 27 heavy (non-hydrogen) atoms. The van der Waals surface area contributed by atoms with Crippen molar-refractivity contribution in [3.63, 3.8) is 0 Å². The van der Waals surface area contributed by atoms with Gasteiger partial charge in [-0.25, -0.2) is 4.79 Å². The zero-order chi connectivity index (χ0) is 20.8. The molecule has 0 aromatic heterocycles. The SMILES string of the molecule is CCCN(C(=O)CC=C[C@@H](NC[C@@H](N)CS)[C@@H](C)CC)[C@H](CCO)C(=O)O. The minimum atomic E-state index is -1.09. The summed E-state index contributed by atoms with van der Waals surface area (Å²) < 4.78 is 0. The Bertz CT molecular complexity index is 462. The van der Waals surface area contributed by atoms with E-state index in [0.717, 1.165) is 6.42 Å². The van der Waals surface area contributed by atoms with Gasteiger partial charge in [-0.2, -0.15) is 12.6 Å². The molecule has 0 saturated heterocycles. The van der Waals surface area contributed by atoms with Crippen molar-refractivity contribution in [1.82, 2.24) is 10.2 Å². The predicted octanol–water partition coefficient (Wildman–Crippen LogP) is 1.27. The van der Waals surface area contributed by atoms with E-state index in [4.69, 9.17) is 10.8 Å². The first-order valence-corrected chi connectivity index (χ1v) is 10.3. The normalized spacial score (nSPS) is 16.1. The predicted molar refractivity (Wildman–Crippen MR) is 112 cm³/mol. The molecular weight excluding hydrogens is 366 g/mol. The summed E-state index contributed by atoms with van der Waals surface area (Å²) in [4.78, 5) is 25.4. The zero-order valence-electron chi connectivity index (χ0n) is 16.8. The highest BCUT2D eigenvalue weighted by Gasteiger charge is 2.27. The molecule has 0 rings (SSSR count). The zero-order valence-corrected chi connectivity index (χ0v) is 17.7. The third kappa shape index (κ3) is 10.1. The molecule has 0 spiro atoms. The number of carbonyl (C=O) groups excluding carboxylic acids is 1. The Morgan fingerprint density at radius 3 is 2.48 bits per heavy atom. The Kier molecular flexibility index (Phi) is 14.3. The van der Waals surface area contributed by atoms with Gasteiger partial charge in [0.25, 0.3) is 0 Å². The number of carboxylic acids is 1. The number of nitrogens with zero attached hydrogens (tertiary/aromatic N) is 1. The van der Waals surface area contributed by atoms with Gasteiger partial charge in [0, 0.05) is 50.4 Å². The van der Waals surface area contributed by atoms with Crippen LogP contribution in [0.5, 0.6) is 0 Å². The van der Waals surface area contributed by atoms with Gasteiger partial charge in [-0.3, -0.25) is 4.79 Å². The first-order chi connectivity index (χ1) is 12.8. The average Bonchev–Trinajstić information content (AvgIpc) is 2.65. The van der Waals surface area contributed by atoms with Crippen molar-refractivity contribution in [1.29, 1.82) is 0 Å². The van der Waals surface area contributed by atoms with E-state index in [1.54, 1.807) is 6.08 Å². The van der Waals surface area contributed by atoms with E-state index in [2.05, 4.69) is 31.8 Å². The summed E-state index contributed by atoms with van der Waals surface area (Å²) in [6, 6.07) is -0.946. The summed E-state index contributed by atoms with van der Waals surface area (Å²) in [5.41, 5.74) is 5.90. The van der Waals surface area contributed by atoms with E-state index in [0.29, 0.717) is 31.2 Å². The number of nitrogens with two attached hydrogens (primary N) is 1. The van der Waals surface area contributed by atoms with Crippen LogP contribution in [0.4, 0.5) is 0 Å². The van der Waals surface area contributed by atoms with E-state index in [-0.39, 0.29) is 37.4 Å². The summed E-state index contributed by atoms with van der Waals surface area (Å²) in [6.07, 6.45) is 5.54.